The molecule has 1 rings (SSSR count). The third kappa shape index (κ3) is 4.36. The van der Waals surface area contributed by atoms with Gasteiger partial charge in [-0.25, -0.2) is 4.79 Å². The van der Waals surface area contributed by atoms with E-state index in [9.17, 15) is 14.4 Å². The van der Waals surface area contributed by atoms with Crippen molar-refractivity contribution in [1.82, 2.24) is 5.32 Å². The summed E-state index contributed by atoms with van der Waals surface area (Å²) in [6.07, 6.45) is -0.452. The number of ether oxygens (including phenoxy) is 1. The van der Waals surface area contributed by atoms with Gasteiger partial charge in [0.1, 0.15) is 6.04 Å². The predicted molar refractivity (Wildman–Crippen MR) is 67.9 cm³/mol. The average Bonchev–Trinajstić information content (AvgIpc) is 2.46. The first-order valence-corrected chi connectivity index (χ1v) is 5.78. The minimum atomic E-state index is -1.35. The zero-order valence-corrected chi connectivity index (χ0v) is 10.8. The zero-order chi connectivity index (χ0) is 15.1. The predicted octanol–water partition coefficient (Wildman–Crippen LogP) is -0.0750. The van der Waals surface area contributed by atoms with E-state index in [1.165, 1.54) is 12.1 Å². The lowest BCUT2D eigenvalue weighted by atomic mass is 10.1. The van der Waals surface area contributed by atoms with Crippen molar-refractivity contribution >= 4 is 17.8 Å². The van der Waals surface area contributed by atoms with E-state index >= 15 is 0 Å². The van der Waals surface area contributed by atoms with Crippen molar-refractivity contribution < 1.29 is 29.3 Å². The van der Waals surface area contributed by atoms with Gasteiger partial charge in [-0.15, -0.1) is 0 Å². The van der Waals surface area contributed by atoms with Gasteiger partial charge in [0.25, 0.3) is 5.91 Å². The molecule has 0 aliphatic carbocycles. The molecule has 0 aliphatic heterocycles. The van der Waals surface area contributed by atoms with E-state index in [-0.39, 0.29) is 12.2 Å². The Kier molecular flexibility index (Phi) is 5.67. The van der Waals surface area contributed by atoms with Crippen molar-refractivity contribution in [3.05, 3.63) is 35.4 Å². The number of carboxylic acids is 1. The Balaban J connectivity index is 2.74. The standard InChI is InChI=1S/C13H15NO6/c1-20-11(16)6-10(13(18)19)14-12(17)9-4-2-8(7-15)3-5-9/h2-5,10,15H,6-7H2,1H3,(H,14,17)(H,18,19)/t10-/m0/s1. The molecule has 108 valence electrons. The fourth-order valence-electron chi connectivity index (χ4n) is 1.45. The number of methoxy groups -OCH3 is 1. The van der Waals surface area contributed by atoms with Gasteiger partial charge < -0.3 is 20.3 Å². The molecule has 1 atom stereocenters. The molecule has 0 heterocycles. The first-order valence-electron chi connectivity index (χ1n) is 5.78. The molecule has 1 amide bonds. The molecule has 0 saturated carbocycles. The van der Waals surface area contributed by atoms with Gasteiger partial charge in [-0.2, -0.15) is 0 Å². The summed E-state index contributed by atoms with van der Waals surface area (Å²) < 4.78 is 4.37. The third-order valence-electron chi connectivity index (χ3n) is 2.60. The maximum absolute atomic E-state index is 11.8. The molecule has 0 spiro atoms. The lowest BCUT2D eigenvalue weighted by Crippen LogP contribution is -2.42. The Morgan fingerprint density at radius 2 is 1.85 bits per heavy atom. The molecule has 0 radical (unpaired) electrons. The number of aliphatic carboxylic acids is 1. The van der Waals surface area contributed by atoms with Gasteiger partial charge in [0.15, 0.2) is 0 Å². The molecular formula is C13H15NO6. The molecule has 7 nitrogen and oxygen atoms in total. The maximum atomic E-state index is 11.8. The van der Waals surface area contributed by atoms with E-state index in [0.717, 1.165) is 7.11 Å². The van der Waals surface area contributed by atoms with Crippen molar-refractivity contribution in [2.45, 2.75) is 19.1 Å². The second-order valence-corrected chi connectivity index (χ2v) is 4.00. The number of amides is 1. The summed E-state index contributed by atoms with van der Waals surface area (Å²) in [6.45, 7) is -0.151. The molecule has 0 unspecified atom stereocenters. The Hall–Kier alpha value is -2.41. The first kappa shape index (κ1) is 15.6. The number of rotatable bonds is 6. The van der Waals surface area contributed by atoms with Crippen LogP contribution in [0, 0.1) is 0 Å². The SMILES string of the molecule is COC(=O)C[C@H](NC(=O)c1ccc(CO)cc1)C(=O)O. The summed E-state index contributed by atoms with van der Waals surface area (Å²) in [5.74, 6) is -2.67. The molecule has 7 heteroatoms. The van der Waals surface area contributed by atoms with E-state index in [1.807, 2.05) is 0 Å². The summed E-state index contributed by atoms with van der Waals surface area (Å²) in [6, 6.07) is 4.65. The third-order valence-corrected chi connectivity index (χ3v) is 2.60. The molecule has 0 bridgehead atoms. The number of hydrogen-bond donors (Lipinski definition) is 3. The number of carbonyl (C=O) groups excluding carboxylic acids is 2. The number of aliphatic hydroxyl groups excluding tert-OH is 1. The number of carbonyl (C=O) groups is 3. The minimum Gasteiger partial charge on any atom is -0.480 e. The van der Waals surface area contributed by atoms with E-state index in [4.69, 9.17) is 10.2 Å². The summed E-state index contributed by atoms with van der Waals surface area (Å²) >= 11 is 0. The number of carboxylic acid groups (broad SMARTS) is 1. The Bertz CT molecular complexity index is 496. The highest BCUT2D eigenvalue weighted by Gasteiger charge is 2.24. The fraction of sp³-hybridized carbons (Fsp3) is 0.308. The smallest absolute Gasteiger partial charge is 0.326 e. The van der Waals surface area contributed by atoms with Gasteiger partial charge in [-0.1, -0.05) is 12.1 Å². The van der Waals surface area contributed by atoms with Crippen molar-refractivity contribution in [3.63, 3.8) is 0 Å². The molecule has 20 heavy (non-hydrogen) atoms. The normalized spacial score (nSPS) is 11.5. The van der Waals surface area contributed by atoms with E-state index in [1.54, 1.807) is 12.1 Å². The van der Waals surface area contributed by atoms with Crippen molar-refractivity contribution in [1.29, 1.82) is 0 Å². The summed E-state index contributed by atoms with van der Waals surface area (Å²) in [5, 5.41) is 20.1. The summed E-state index contributed by atoms with van der Waals surface area (Å²) in [5.41, 5.74) is 0.865. The van der Waals surface area contributed by atoms with Crippen molar-refractivity contribution in [2.75, 3.05) is 7.11 Å². The van der Waals surface area contributed by atoms with Crippen LogP contribution in [0.5, 0.6) is 0 Å². The molecule has 0 aromatic heterocycles. The highest BCUT2D eigenvalue weighted by atomic mass is 16.5. The molecular weight excluding hydrogens is 266 g/mol. The topological polar surface area (TPSA) is 113 Å². The van der Waals surface area contributed by atoms with Crippen LogP contribution >= 0.6 is 0 Å². The maximum Gasteiger partial charge on any atom is 0.326 e. The fourth-order valence-corrected chi connectivity index (χ4v) is 1.45. The van der Waals surface area contributed by atoms with Crippen molar-refractivity contribution in [2.24, 2.45) is 0 Å². The van der Waals surface area contributed by atoms with Gasteiger partial charge in [-0.05, 0) is 17.7 Å². The van der Waals surface area contributed by atoms with Crippen molar-refractivity contribution in [3.8, 4) is 0 Å². The van der Waals surface area contributed by atoms with Crippen LogP contribution in [-0.4, -0.2) is 41.2 Å². The Morgan fingerprint density at radius 1 is 1.25 bits per heavy atom. The van der Waals surface area contributed by atoms with Crippen LogP contribution in [-0.2, 0) is 20.9 Å². The lowest BCUT2D eigenvalue weighted by molar-refractivity contribution is -0.147. The van der Waals surface area contributed by atoms with Crippen LogP contribution in [0.3, 0.4) is 0 Å². The highest BCUT2D eigenvalue weighted by molar-refractivity contribution is 5.97. The number of aliphatic hydroxyl groups is 1. The van der Waals surface area contributed by atoms with E-state index in [2.05, 4.69) is 10.1 Å². The molecule has 1 aromatic rings. The minimum absolute atomic E-state index is 0.151. The van der Waals surface area contributed by atoms with Crippen LogP contribution in [0.1, 0.15) is 22.3 Å². The molecule has 1 aromatic carbocycles. The van der Waals surface area contributed by atoms with Gasteiger partial charge in [0, 0.05) is 5.56 Å². The molecule has 3 N–H and O–H groups in total. The number of benzene rings is 1. The monoisotopic (exact) mass is 281 g/mol. The number of esters is 1. The van der Waals surface area contributed by atoms with Crippen LogP contribution < -0.4 is 5.32 Å². The molecule has 0 fully saturated rings. The molecule has 0 saturated heterocycles. The zero-order valence-electron chi connectivity index (χ0n) is 10.8. The van der Waals surface area contributed by atoms with Gasteiger partial charge in [0.05, 0.1) is 20.1 Å². The second kappa shape index (κ2) is 7.25. The van der Waals surface area contributed by atoms with Gasteiger partial charge in [-0.3, -0.25) is 9.59 Å². The molecule has 0 aliphatic rings. The Morgan fingerprint density at radius 3 is 2.30 bits per heavy atom. The number of hydrogen-bond acceptors (Lipinski definition) is 5. The van der Waals surface area contributed by atoms with Gasteiger partial charge >= 0.3 is 11.9 Å². The highest BCUT2D eigenvalue weighted by Crippen LogP contribution is 2.05. The van der Waals surface area contributed by atoms with Crippen LogP contribution in [0.15, 0.2) is 24.3 Å². The Labute approximate surface area is 115 Å². The number of nitrogens with one attached hydrogen (secondary N) is 1. The average molecular weight is 281 g/mol. The van der Waals surface area contributed by atoms with E-state index < -0.39 is 30.3 Å². The van der Waals surface area contributed by atoms with Gasteiger partial charge in [0.2, 0.25) is 0 Å². The van der Waals surface area contributed by atoms with Crippen LogP contribution in [0.25, 0.3) is 0 Å². The second-order valence-electron chi connectivity index (χ2n) is 4.00. The quantitative estimate of drug-likeness (QED) is 0.629. The largest absolute Gasteiger partial charge is 0.480 e. The van der Waals surface area contributed by atoms with Crippen LogP contribution in [0.2, 0.25) is 0 Å². The van der Waals surface area contributed by atoms with Crippen LogP contribution in [0.4, 0.5) is 0 Å². The lowest BCUT2D eigenvalue weighted by Gasteiger charge is -2.13. The summed E-state index contributed by atoms with van der Waals surface area (Å²) in [4.78, 5) is 33.9. The summed E-state index contributed by atoms with van der Waals surface area (Å²) in [7, 11) is 1.14. The first-order chi connectivity index (χ1) is 9.47. The van der Waals surface area contributed by atoms with E-state index in [0.29, 0.717) is 5.56 Å².